The minimum atomic E-state index is -4.06. The van der Waals surface area contributed by atoms with E-state index in [2.05, 4.69) is 14.7 Å². The van der Waals surface area contributed by atoms with E-state index in [9.17, 15) is 13.2 Å². The van der Waals surface area contributed by atoms with Gasteiger partial charge in [-0.25, -0.2) is 13.4 Å². The van der Waals surface area contributed by atoms with Crippen LogP contribution < -0.4 is 10.2 Å². The average Bonchev–Trinajstić information content (AvgIpc) is 2.34. The van der Waals surface area contributed by atoms with E-state index < -0.39 is 20.3 Å². The molecule has 0 amide bonds. The van der Waals surface area contributed by atoms with Crippen LogP contribution in [0.1, 0.15) is 5.56 Å². The Morgan fingerprint density at radius 3 is 2.65 bits per heavy atom. The molecule has 2 rings (SSSR count). The fourth-order valence-corrected chi connectivity index (χ4v) is 3.35. The lowest BCUT2D eigenvalue weighted by molar-refractivity contribution is 0.600. The van der Waals surface area contributed by atoms with Gasteiger partial charge in [-0.05, 0) is 18.6 Å². The molecule has 106 valence electrons. The van der Waals surface area contributed by atoms with Crippen LogP contribution in [0.4, 0.5) is 5.69 Å². The first-order valence-corrected chi connectivity index (χ1v) is 7.58. The highest BCUT2D eigenvalue weighted by atomic mass is 35.5. The van der Waals surface area contributed by atoms with Crippen molar-refractivity contribution in [2.75, 3.05) is 4.72 Å². The van der Waals surface area contributed by atoms with E-state index in [1.165, 1.54) is 12.3 Å². The van der Waals surface area contributed by atoms with Gasteiger partial charge >= 0.3 is 0 Å². The molecule has 9 heteroatoms. The lowest BCUT2D eigenvalue weighted by atomic mass is 10.3. The molecule has 2 heterocycles. The zero-order chi connectivity index (χ0) is 14.9. The van der Waals surface area contributed by atoms with Gasteiger partial charge in [0.2, 0.25) is 5.43 Å². The fraction of sp³-hybridized carbons (Fsp3) is 0.0909. The van der Waals surface area contributed by atoms with Crippen LogP contribution in [-0.4, -0.2) is 18.4 Å². The predicted molar refractivity (Wildman–Crippen MR) is 76.9 cm³/mol. The third-order valence-corrected chi connectivity index (χ3v) is 4.29. The number of anilines is 1. The second-order valence-electron chi connectivity index (χ2n) is 3.91. The minimum Gasteiger partial charge on any atom is -0.366 e. The number of aromatic amines is 1. The van der Waals surface area contributed by atoms with Crippen LogP contribution in [0.25, 0.3) is 0 Å². The molecule has 0 aliphatic rings. The molecule has 0 saturated carbocycles. The molecule has 0 atom stereocenters. The lowest BCUT2D eigenvalue weighted by Crippen LogP contribution is -2.21. The van der Waals surface area contributed by atoms with Crippen molar-refractivity contribution in [1.29, 1.82) is 0 Å². The number of rotatable bonds is 3. The summed E-state index contributed by atoms with van der Waals surface area (Å²) in [5.41, 5.74) is -0.0581. The molecule has 0 aliphatic carbocycles. The van der Waals surface area contributed by atoms with Crippen LogP contribution >= 0.6 is 23.2 Å². The molecule has 0 aromatic carbocycles. The first-order valence-electron chi connectivity index (χ1n) is 5.34. The molecule has 0 bridgehead atoms. The normalized spacial score (nSPS) is 11.3. The number of hydrogen-bond acceptors (Lipinski definition) is 4. The van der Waals surface area contributed by atoms with Crippen LogP contribution in [0, 0.1) is 6.92 Å². The highest BCUT2D eigenvalue weighted by Gasteiger charge is 2.20. The monoisotopic (exact) mass is 333 g/mol. The van der Waals surface area contributed by atoms with Crippen LogP contribution in [0.2, 0.25) is 10.3 Å². The number of aryl methyl sites for hydroxylation is 1. The van der Waals surface area contributed by atoms with Gasteiger partial charge in [-0.1, -0.05) is 23.2 Å². The van der Waals surface area contributed by atoms with Crippen molar-refractivity contribution >= 4 is 38.9 Å². The summed E-state index contributed by atoms with van der Waals surface area (Å²) in [5.74, 6) is 0. The van der Waals surface area contributed by atoms with Crippen molar-refractivity contribution in [2.24, 2.45) is 0 Å². The van der Waals surface area contributed by atoms with Gasteiger partial charge in [-0.2, -0.15) is 0 Å². The van der Waals surface area contributed by atoms with E-state index in [1.54, 1.807) is 6.92 Å². The summed E-state index contributed by atoms with van der Waals surface area (Å²) in [5, 5.41) is 0.0546. The second kappa shape index (κ2) is 5.43. The molecule has 0 saturated heterocycles. The predicted octanol–water partition coefficient (Wildman–Crippen LogP) is 2.19. The fourth-order valence-electron chi connectivity index (χ4n) is 1.52. The maximum absolute atomic E-state index is 12.2. The quantitative estimate of drug-likeness (QED) is 0.842. The van der Waals surface area contributed by atoms with Gasteiger partial charge < -0.3 is 4.98 Å². The third-order valence-electron chi connectivity index (χ3n) is 2.46. The van der Waals surface area contributed by atoms with Crippen molar-refractivity contribution in [3.63, 3.8) is 0 Å². The molecular formula is C11H9Cl2N3O3S. The average molecular weight is 334 g/mol. The summed E-state index contributed by atoms with van der Waals surface area (Å²) in [4.78, 5) is 17.5. The minimum absolute atomic E-state index is 0.0827. The molecule has 6 nitrogen and oxygen atoms in total. The van der Waals surface area contributed by atoms with E-state index in [0.29, 0.717) is 5.56 Å². The Hall–Kier alpha value is -1.57. The number of halogens is 2. The Morgan fingerprint density at radius 2 is 2.05 bits per heavy atom. The summed E-state index contributed by atoms with van der Waals surface area (Å²) in [6, 6.07) is 2.57. The van der Waals surface area contributed by atoms with Crippen LogP contribution in [0.3, 0.4) is 0 Å². The van der Waals surface area contributed by atoms with Crippen LogP contribution in [0.5, 0.6) is 0 Å². The number of pyridine rings is 2. The zero-order valence-corrected chi connectivity index (χ0v) is 12.5. The molecule has 0 unspecified atom stereocenters. The topological polar surface area (TPSA) is 91.9 Å². The molecule has 2 aromatic rings. The van der Waals surface area contributed by atoms with Crippen LogP contribution in [0.15, 0.2) is 34.2 Å². The number of sulfonamides is 1. The molecule has 0 aliphatic heterocycles. The smallest absolute Gasteiger partial charge is 0.267 e. The largest absolute Gasteiger partial charge is 0.366 e. The zero-order valence-electron chi connectivity index (χ0n) is 10.1. The van der Waals surface area contributed by atoms with Crippen LogP contribution in [-0.2, 0) is 10.0 Å². The molecular weight excluding hydrogens is 325 g/mol. The van der Waals surface area contributed by atoms with Gasteiger partial charge in [0.1, 0.15) is 5.15 Å². The second-order valence-corrected chi connectivity index (χ2v) is 6.30. The number of hydrogen-bond donors (Lipinski definition) is 2. The molecule has 0 fully saturated rings. The van der Waals surface area contributed by atoms with Crippen molar-refractivity contribution in [1.82, 2.24) is 9.97 Å². The summed E-state index contributed by atoms with van der Waals surface area (Å²) < 4.78 is 26.6. The summed E-state index contributed by atoms with van der Waals surface area (Å²) in [7, 11) is -4.06. The molecule has 2 aromatic heterocycles. The van der Waals surface area contributed by atoms with Crippen molar-refractivity contribution in [2.45, 2.75) is 11.8 Å². The standard InChI is InChI=1S/C11H9Cl2N3O3S/c1-6-4-9(12)15-11(13)10(6)16-20(18,19)8-5-14-3-2-7(8)17/h2-5,16H,1H3,(H,14,17). The molecule has 0 radical (unpaired) electrons. The third kappa shape index (κ3) is 2.95. The Morgan fingerprint density at radius 1 is 1.35 bits per heavy atom. The Balaban J connectivity index is 2.50. The number of H-pyrrole nitrogens is 1. The van der Waals surface area contributed by atoms with Crippen molar-refractivity contribution < 1.29 is 8.42 Å². The van der Waals surface area contributed by atoms with Crippen molar-refractivity contribution in [3.8, 4) is 0 Å². The van der Waals surface area contributed by atoms with Gasteiger partial charge in [0.15, 0.2) is 10.0 Å². The number of nitrogens with one attached hydrogen (secondary N) is 2. The summed E-state index contributed by atoms with van der Waals surface area (Å²) >= 11 is 11.6. The Bertz CT molecular complexity index is 795. The van der Waals surface area contributed by atoms with E-state index in [4.69, 9.17) is 23.2 Å². The van der Waals surface area contributed by atoms with Gasteiger partial charge in [-0.15, -0.1) is 0 Å². The van der Waals surface area contributed by atoms with Gasteiger partial charge in [-0.3, -0.25) is 9.52 Å². The molecule has 0 spiro atoms. The van der Waals surface area contributed by atoms with E-state index in [1.807, 2.05) is 0 Å². The molecule has 2 N–H and O–H groups in total. The maximum atomic E-state index is 12.2. The van der Waals surface area contributed by atoms with E-state index >= 15 is 0 Å². The SMILES string of the molecule is Cc1cc(Cl)nc(Cl)c1NS(=O)(=O)c1c[nH]ccc1=O. The Labute approximate surface area is 124 Å². The maximum Gasteiger partial charge on any atom is 0.267 e. The van der Waals surface area contributed by atoms with E-state index in [-0.39, 0.29) is 16.0 Å². The first kappa shape index (κ1) is 14.8. The van der Waals surface area contributed by atoms with Gasteiger partial charge in [0, 0.05) is 18.5 Å². The number of aromatic nitrogens is 2. The molecule has 20 heavy (non-hydrogen) atoms. The summed E-state index contributed by atoms with van der Waals surface area (Å²) in [6.07, 6.45) is 2.43. The summed E-state index contributed by atoms with van der Waals surface area (Å²) in [6.45, 7) is 1.62. The van der Waals surface area contributed by atoms with Gasteiger partial charge in [0.05, 0.1) is 5.69 Å². The highest BCUT2D eigenvalue weighted by molar-refractivity contribution is 7.92. The lowest BCUT2D eigenvalue weighted by Gasteiger charge is -2.11. The van der Waals surface area contributed by atoms with Crippen molar-refractivity contribution in [3.05, 3.63) is 50.6 Å². The highest BCUT2D eigenvalue weighted by Crippen LogP contribution is 2.28. The van der Waals surface area contributed by atoms with Gasteiger partial charge in [0.25, 0.3) is 10.0 Å². The Kier molecular flexibility index (Phi) is 4.03. The number of nitrogens with zero attached hydrogens (tertiary/aromatic N) is 1. The first-order chi connectivity index (χ1) is 9.31. The van der Waals surface area contributed by atoms with E-state index in [0.717, 1.165) is 12.3 Å².